The molecule has 2 saturated carbocycles. The molecule has 2 aliphatic carbocycles. The van der Waals surface area contributed by atoms with Crippen molar-refractivity contribution in [1.29, 1.82) is 0 Å². The lowest BCUT2D eigenvalue weighted by Gasteiger charge is -2.35. The van der Waals surface area contributed by atoms with Gasteiger partial charge in [-0.2, -0.15) is 0 Å². The lowest BCUT2D eigenvalue weighted by Crippen LogP contribution is -2.44. The molecule has 2 aliphatic heterocycles. The molecule has 1 aromatic carbocycles. The normalized spacial score (nSPS) is 30.6. The molecule has 4 aliphatic rings. The van der Waals surface area contributed by atoms with E-state index in [0.29, 0.717) is 12.1 Å². The van der Waals surface area contributed by atoms with Gasteiger partial charge in [0.1, 0.15) is 0 Å². The van der Waals surface area contributed by atoms with Gasteiger partial charge in [-0.3, -0.25) is 9.59 Å². The van der Waals surface area contributed by atoms with Gasteiger partial charge in [0.2, 0.25) is 11.8 Å². The molecule has 2 unspecified atom stereocenters. The third kappa shape index (κ3) is 3.65. The highest BCUT2D eigenvalue weighted by Crippen LogP contribution is 2.42. The second-order valence-electron chi connectivity index (χ2n) is 10.9. The second kappa shape index (κ2) is 9.36. The summed E-state index contributed by atoms with van der Waals surface area (Å²) in [5.41, 5.74) is 0.920. The van der Waals surface area contributed by atoms with Crippen molar-refractivity contribution >= 4 is 11.8 Å². The van der Waals surface area contributed by atoms with Crippen LogP contribution >= 0.6 is 0 Å². The third-order valence-corrected chi connectivity index (χ3v) is 9.24. The molecule has 2 amide bonds. The summed E-state index contributed by atoms with van der Waals surface area (Å²) in [5, 5.41) is 0. The van der Waals surface area contributed by atoms with Gasteiger partial charge in [0.05, 0.1) is 10.8 Å². The minimum atomic E-state index is -0.584. The van der Waals surface area contributed by atoms with E-state index in [1.165, 1.54) is 38.5 Å². The van der Waals surface area contributed by atoms with Crippen LogP contribution in [0.4, 0.5) is 0 Å². The molecule has 5 rings (SSSR count). The first-order valence-corrected chi connectivity index (χ1v) is 13.7. The summed E-state index contributed by atoms with van der Waals surface area (Å²) < 4.78 is 0. The Hall–Kier alpha value is -2.36. The van der Waals surface area contributed by atoms with Crippen molar-refractivity contribution in [3.63, 3.8) is 0 Å². The molecule has 0 radical (unpaired) electrons. The average molecular weight is 461 g/mol. The van der Waals surface area contributed by atoms with E-state index in [-0.39, 0.29) is 11.8 Å². The van der Waals surface area contributed by atoms with E-state index in [4.69, 9.17) is 0 Å². The summed E-state index contributed by atoms with van der Waals surface area (Å²) in [6, 6.07) is 9.11. The Morgan fingerprint density at radius 1 is 0.647 bits per heavy atom. The van der Waals surface area contributed by atoms with E-state index in [9.17, 15) is 9.59 Å². The lowest BCUT2D eigenvalue weighted by atomic mass is 9.74. The monoisotopic (exact) mass is 460 g/mol. The number of benzene rings is 1. The zero-order valence-electron chi connectivity index (χ0n) is 21.0. The van der Waals surface area contributed by atoms with Gasteiger partial charge in [0.15, 0.2) is 0 Å². The van der Waals surface area contributed by atoms with Gasteiger partial charge in [0.25, 0.3) is 0 Å². The van der Waals surface area contributed by atoms with E-state index in [1.807, 2.05) is 9.80 Å². The van der Waals surface area contributed by atoms with Crippen LogP contribution in [0.15, 0.2) is 48.8 Å². The van der Waals surface area contributed by atoms with Crippen molar-refractivity contribution in [2.45, 2.75) is 114 Å². The van der Waals surface area contributed by atoms with Crippen LogP contribution in [0.25, 0.3) is 0 Å². The van der Waals surface area contributed by atoms with E-state index in [0.717, 1.165) is 49.7 Å². The van der Waals surface area contributed by atoms with Gasteiger partial charge < -0.3 is 9.80 Å². The Balaban J connectivity index is 1.38. The summed E-state index contributed by atoms with van der Waals surface area (Å²) in [6.45, 7) is 4.22. The Morgan fingerprint density at radius 2 is 1.00 bits per heavy atom. The molecule has 2 heterocycles. The van der Waals surface area contributed by atoms with E-state index < -0.39 is 10.8 Å². The van der Waals surface area contributed by atoms with Gasteiger partial charge >= 0.3 is 0 Å². The standard InChI is InChI=1S/C30H40N2O2/c1-3-29(19-21-31(27(29)33)25-11-7-5-8-12-25)23-15-17-24(18-16-23)30(4-2)20-22-32(28(30)34)26-13-9-6-10-14-26/h15-22,25-26H,3-14H2,1-2H3. The van der Waals surface area contributed by atoms with Crippen molar-refractivity contribution in [1.82, 2.24) is 9.80 Å². The van der Waals surface area contributed by atoms with E-state index in [1.54, 1.807) is 0 Å². The number of amides is 2. The van der Waals surface area contributed by atoms with Crippen LogP contribution in [-0.4, -0.2) is 33.7 Å². The number of rotatable bonds is 6. The Morgan fingerprint density at radius 3 is 1.32 bits per heavy atom. The minimum absolute atomic E-state index is 0.222. The molecule has 0 spiro atoms. The maximum Gasteiger partial charge on any atom is 0.241 e. The van der Waals surface area contributed by atoms with Gasteiger partial charge in [0, 0.05) is 24.5 Å². The first-order chi connectivity index (χ1) is 16.6. The highest BCUT2D eigenvalue weighted by Gasteiger charge is 2.47. The van der Waals surface area contributed by atoms with Crippen molar-refractivity contribution in [3.05, 3.63) is 59.9 Å². The third-order valence-electron chi connectivity index (χ3n) is 9.24. The molecule has 2 atom stereocenters. The number of nitrogens with zero attached hydrogens (tertiary/aromatic N) is 2. The molecule has 2 fully saturated rings. The summed E-state index contributed by atoms with van der Waals surface area (Å²) in [7, 11) is 0. The lowest BCUT2D eigenvalue weighted by molar-refractivity contribution is -0.134. The van der Waals surface area contributed by atoms with Crippen LogP contribution in [0, 0.1) is 0 Å². The maximum atomic E-state index is 13.7. The molecular formula is C30H40N2O2. The highest BCUT2D eigenvalue weighted by molar-refractivity contribution is 5.95. The molecule has 0 aromatic heterocycles. The molecule has 182 valence electrons. The van der Waals surface area contributed by atoms with Crippen LogP contribution in [0.5, 0.6) is 0 Å². The fourth-order valence-electron chi connectivity index (χ4n) is 6.90. The largest absolute Gasteiger partial charge is 0.315 e. The first-order valence-electron chi connectivity index (χ1n) is 13.7. The fourth-order valence-corrected chi connectivity index (χ4v) is 6.90. The molecule has 0 N–H and O–H groups in total. The quantitative estimate of drug-likeness (QED) is 0.496. The number of carbonyl (C=O) groups is 2. The Labute approximate surface area is 205 Å². The van der Waals surface area contributed by atoms with Crippen LogP contribution in [0.3, 0.4) is 0 Å². The smallest absolute Gasteiger partial charge is 0.241 e. The summed E-state index contributed by atoms with van der Waals surface area (Å²) in [5.74, 6) is 0.445. The summed E-state index contributed by atoms with van der Waals surface area (Å²) in [6.07, 6.45) is 21.7. The first kappa shape index (κ1) is 23.4. The topological polar surface area (TPSA) is 40.6 Å². The second-order valence-corrected chi connectivity index (χ2v) is 10.9. The highest BCUT2D eigenvalue weighted by atomic mass is 16.2. The van der Waals surface area contributed by atoms with Crippen LogP contribution in [0.1, 0.15) is 102 Å². The van der Waals surface area contributed by atoms with Crippen LogP contribution < -0.4 is 0 Å². The molecule has 34 heavy (non-hydrogen) atoms. The zero-order chi connectivity index (χ0) is 23.8. The van der Waals surface area contributed by atoms with Gasteiger partial charge in [-0.15, -0.1) is 0 Å². The van der Waals surface area contributed by atoms with Crippen molar-refractivity contribution < 1.29 is 9.59 Å². The van der Waals surface area contributed by atoms with Crippen molar-refractivity contribution in [2.75, 3.05) is 0 Å². The maximum absolute atomic E-state index is 13.7. The summed E-state index contributed by atoms with van der Waals surface area (Å²) in [4.78, 5) is 31.4. The number of hydrogen-bond donors (Lipinski definition) is 0. The van der Waals surface area contributed by atoms with Gasteiger partial charge in [-0.1, -0.05) is 76.6 Å². The van der Waals surface area contributed by atoms with Crippen LogP contribution in [-0.2, 0) is 20.4 Å². The Kier molecular flexibility index (Phi) is 6.43. The predicted molar refractivity (Wildman–Crippen MR) is 136 cm³/mol. The van der Waals surface area contributed by atoms with Crippen molar-refractivity contribution in [3.8, 4) is 0 Å². The van der Waals surface area contributed by atoms with Crippen LogP contribution in [0.2, 0.25) is 0 Å². The predicted octanol–water partition coefficient (Wildman–Crippen LogP) is 6.36. The molecule has 0 saturated heterocycles. The SMILES string of the molecule is CCC1(c2ccc(C3(CC)C=CN(C4CCCCC4)C3=O)cc2)C=CN(C2CCCCC2)C1=O. The van der Waals surface area contributed by atoms with E-state index >= 15 is 0 Å². The molecule has 0 bridgehead atoms. The average Bonchev–Trinajstić information content (AvgIpc) is 3.42. The molecule has 4 heteroatoms. The van der Waals surface area contributed by atoms with E-state index in [2.05, 4.69) is 62.7 Å². The molecule has 4 nitrogen and oxygen atoms in total. The molecular weight excluding hydrogens is 420 g/mol. The number of hydrogen-bond acceptors (Lipinski definition) is 2. The summed E-state index contributed by atoms with van der Waals surface area (Å²) >= 11 is 0. The Bertz CT molecular complexity index is 889. The van der Waals surface area contributed by atoms with Crippen molar-refractivity contribution in [2.24, 2.45) is 0 Å². The zero-order valence-corrected chi connectivity index (χ0v) is 21.0. The minimum Gasteiger partial charge on any atom is -0.315 e. The molecule has 1 aromatic rings. The van der Waals surface area contributed by atoms with Gasteiger partial charge in [-0.25, -0.2) is 0 Å². The fraction of sp³-hybridized carbons (Fsp3) is 0.600. The van der Waals surface area contributed by atoms with Gasteiger partial charge in [-0.05, 0) is 61.8 Å². The number of carbonyl (C=O) groups excluding carboxylic acids is 2.